The average Bonchev–Trinajstić information content (AvgIpc) is 3.10. The number of ether oxygens (including phenoxy) is 1. The maximum absolute atomic E-state index is 12.0. The number of hydrogen-bond donors (Lipinski definition) is 3. The molecule has 3 N–H and O–H groups in total. The summed E-state index contributed by atoms with van der Waals surface area (Å²) in [5.41, 5.74) is 1.75. The molecule has 2 aromatic carbocycles. The van der Waals surface area contributed by atoms with Crippen molar-refractivity contribution in [1.82, 2.24) is 10.3 Å². The number of fused-ring (bicyclic) bond motifs is 1. The number of rotatable bonds is 7. The fourth-order valence-electron chi connectivity index (χ4n) is 2.53. The third-order valence-corrected chi connectivity index (χ3v) is 3.86. The number of aliphatic carboxylic acids is 1. The maximum atomic E-state index is 12.0. The number of amides is 1. The normalized spacial score (nSPS) is 13.1. The molecule has 1 aromatic heterocycles. The molecule has 0 aliphatic heterocycles. The van der Waals surface area contributed by atoms with E-state index in [0.29, 0.717) is 11.1 Å². The second kappa shape index (κ2) is 8.33. The van der Waals surface area contributed by atoms with Crippen LogP contribution in [0.3, 0.4) is 0 Å². The fourth-order valence-corrected chi connectivity index (χ4v) is 2.53. The molecule has 0 aliphatic rings. The van der Waals surface area contributed by atoms with Gasteiger partial charge in [0.15, 0.2) is 11.7 Å². The molecule has 0 bridgehead atoms. The van der Waals surface area contributed by atoms with Crippen molar-refractivity contribution in [2.24, 2.45) is 0 Å². The highest BCUT2D eigenvalue weighted by Crippen LogP contribution is 2.23. The van der Waals surface area contributed by atoms with E-state index in [2.05, 4.69) is 10.3 Å². The third-order valence-electron chi connectivity index (χ3n) is 3.86. The van der Waals surface area contributed by atoms with Crippen LogP contribution in [0.25, 0.3) is 11.1 Å². The summed E-state index contributed by atoms with van der Waals surface area (Å²) in [6.45, 7) is 0.0193. The molecule has 0 saturated heterocycles. The minimum Gasteiger partial charge on any atom is -0.481 e. The Labute approximate surface area is 154 Å². The Morgan fingerprint density at radius 2 is 1.81 bits per heavy atom. The lowest BCUT2D eigenvalue weighted by Gasteiger charge is -2.20. The van der Waals surface area contributed by atoms with Crippen LogP contribution in [0.5, 0.6) is 0 Å². The Hall–Kier alpha value is -3.39. The molecule has 3 aromatic rings. The molecule has 0 aliphatic carbocycles. The standard InChI is InChI=1S/C19H18N2O6/c22-16(23)10-14(21-19(25)26-11-12-6-2-1-3-7-12)17(24)18-20-13-8-4-5-9-15(13)27-18/h1-9,14,17,24H,10-11H2,(H,21,25)(H,22,23). The van der Waals surface area contributed by atoms with Gasteiger partial charge in [-0.15, -0.1) is 0 Å². The Morgan fingerprint density at radius 3 is 2.52 bits per heavy atom. The van der Waals surface area contributed by atoms with Gasteiger partial charge in [0.25, 0.3) is 0 Å². The Bertz CT molecular complexity index is 891. The zero-order chi connectivity index (χ0) is 19.2. The highest BCUT2D eigenvalue weighted by atomic mass is 16.5. The summed E-state index contributed by atoms with van der Waals surface area (Å²) in [4.78, 5) is 27.3. The van der Waals surface area contributed by atoms with E-state index in [1.54, 1.807) is 48.5 Å². The molecular formula is C19H18N2O6. The van der Waals surface area contributed by atoms with Crippen LogP contribution in [0.1, 0.15) is 24.0 Å². The van der Waals surface area contributed by atoms with E-state index in [1.165, 1.54) is 0 Å². The minimum atomic E-state index is -1.45. The van der Waals surface area contributed by atoms with E-state index in [0.717, 1.165) is 5.56 Å². The quantitative estimate of drug-likeness (QED) is 0.584. The number of aromatic nitrogens is 1. The van der Waals surface area contributed by atoms with Gasteiger partial charge in [0, 0.05) is 0 Å². The van der Waals surface area contributed by atoms with Gasteiger partial charge in [0.05, 0.1) is 12.5 Å². The number of oxazole rings is 1. The van der Waals surface area contributed by atoms with E-state index < -0.39 is 30.6 Å². The summed E-state index contributed by atoms with van der Waals surface area (Å²) < 4.78 is 10.5. The van der Waals surface area contributed by atoms with E-state index in [1.807, 2.05) is 6.07 Å². The van der Waals surface area contributed by atoms with Crippen molar-refractivity contribution < 1.29 is 29.0 Å². The lowest BCUT2D eigenvalue weighted by molar-refractivity contribution is -0.138. The SMILES string of the molecule is O=C(O)CC(NC(=O)OCc1ccccc1)C(O)c1nc2ccccc2o1. The van der Waals surface area contributed by atoms with Crippen molar-refractivity contribution in [3.8, 4) is 0 Å². The van der Waals surface area contributed by atoms with Crippen LogP contribution in [-0.4, -0.2) is 33.3 Å². The molecule has 140 valence electrons. The molecular weight excluding hydrogens is 352 g/mol. The molecule has 2 unspecified atom stereocenters. The molecule has 0 fully saturated rings. The smallest absolute Gasteiger partial charge is 0.407 e. The summed E-state index contributed by atoms with van der Waals surface area (Å²) in [6.07, 6.45) is -2.82. The van der Waals surface area contributed by atoms with Crippen molar-refractivity contribution in [2.45, 2.75) is 25.2 Å². The molecule has 2 atom stereocenters. The van der Waals surface area contributed by atoms with Crippen LogP contribution in [-0.2, 0) is 16.1 Å². The zero-order valence-corrected chi connectivity index (χ0v) is 14.2. The highest BCUT2D eigenvalue weighted by Gasteiger charge is 2.29. The summed E-state index contributed by atoms with van der Waals surface area (Å²) in [5, 5.41) is 21.9. The van der Waals surface area contributed by atoms with Crippen LogP contribution in [0, 0.1) is 0 Å². The minimum absolute atomic E-state index is 0.0193. The summed E-state index contributed by atoms with van der Waals surface area (Å²) in [7, 11) is 0. The molecule has 27 heavy (non-hydrogen) atoms. The van der Waals surface area contributed by atoms with Gasteiger partial charge in [-0.05, 0) is 17.7 Å². The number of nitrogens with one attached hydrogen (secondary N) is 1. The molecule has 1 heterocycles. The van der Waals surface area contributed by atoms with Gasteiger partial charge in [-0.25, -0.2) is 9.78 Å². The number of hydrogen-bond acceptors (Lipinski definition) is 6. The van der Waals surface area contributed by atoms with Gasteiger partial charge in [0.1, 0.15) is 12.1 Å². The van der Waals surface area contributed by atoms with Crippen LogP contribution < -0.4 is 5.32 Å². The van der Waals surface area contributed by atoms with Crippen molar-refractivity contribution in [1.29, 1.82) is 0 Å². The number of carboxylic acid groups (broad SMARTS) is 1. The van der Waals surface area contributed by atoms with Crippen LogP contribution in [0.15, 0.2) is 59.0 Å². The number of carbonyl (C=O) groups excluding carboxylic acids is 1. The lowest BCUT2D eigenvalue weighted by Crippen LogP contribution is -2.41. The maximum Gasteiger partial charge on any atom is 0.407 e. The number of para-hydroxylation sites is 2. The Morgan fingerprint density at radius 1 is 1.11 bits per heavy atom. The largest absolute Gasteiger partial charge is 0.481 e. The predicted octanol–water partition coefficient (Wildman–Crippen LogP) is 2.63. The van der Waals surface area contributed by atoms with Gasteiger partial charge >= 0.3 is 12.1 Å². The van der Waals surface area contributed by atoms with Gasteiger partial charge in [-0.1, -0.05) is 42.5 Å². The first kappa shape index (κ1) is 18.4. The highest BCUT2D eigenvalue weighted by molar-refractivity contribution is 5.73. The molecule has 0 saturated carbocycles. The van der Waals surface area contributed by atoms with Crippen molar-refractivity contribution in [2.75, 3.05) is 0 Å². The zero-order valence-electron chi connectivity index (χ0n) is 14.2. The van der Waals surface area contributed by atoms with Gasteiger partial charge < -0.3 is 24.7 Å². The molecule has 8 nitrogen and oxygen atoms in total. The van der Waals surface area contributed by atoms with E-state index >= 15 is 0 Å². The van der Waals surface area contributed by atoms with Crippen molar-refractivity contribution in [3.63, 3.8) is 0 Å². The number of carbonyl (C=O) groups is 2. The average molecular weight is 370 g/mol. The number of aliphatic hydroxyl groups is 1. The van der Waals surface area contributed by atoms with Gasteiger partial charge in [-0.2, -0.15) is 0 Å². The first-order valence-electron chi connectivity index (χ1n) is 8.25. The molecule has 0 spiro atoms. The van der Waals surface area contributed by atoms with Crippen molar-refractivity contribution in [3.05, 3.63) is 66.1 Å². The van der Waals surface area contributed by atoms with Gasteiger partial charge in [0.2, 0.25) is 5.89 Å². The number of aliphatic hydroxyl groups excluding tert-OH is 1. The van der Waals surface area contributed by atoms with E-state index in [4.69, 9.17) is 14.3 Å². The van der Waals surface area contributed by atoms with Crippen LogP contribution in [0.2, 0.25) is 0 Å². The van der Waals surface area contributed by atoms with E-state index in [-0.39, 0.29) is 12.5 Å². The van der Waals surface area contributed by atoms with Gasteiger partial charge in [-0.3, -0.25) is 4.79 Å². The monoisotopic (exact) mass is 370 g/mol. The summed E-state index contributed by atoms with van der Waals surface area (Å²) in [5.74, 6) is -1.27. The summed E-state index contributed by atoms with van der Waals surface area (Å²) >= 11 is 0. The number of benzene rings is 2. The third kappa shape index (κ3) is 4.83. The molecule has 8 heteroatoms. The topological polar surface area (TPSA) is 122 Å². The molecule has 1 amide bonds. The fraction of sp³-hybridized carbons (Fsp3) is 0.211. The van der Waals surface area contributed by atoms with Crippen LogP contribution in [0.4, 0.5) is 4.79 Å². The second-order valence-corrected chi connectivity index (χ2v) is 5.88. The van der Waals surface area contributed by atoms with Crippen molar-refractivity contribution >= 4 is 23.2 Å². The number of alkyl carbamates (subject to hydrolysis) is 1. The molecule has 3 rings (SSSR count). The number of carboxylic acids is 1. The molecule has 0 radical (unpaired) electrons. The lowest BCUT2D eigenvalue weighted by atomic mass is 10.1. The predicted molar refractivity (Wildman–Crippen MR) is 94.8 cm³/mol. The number of nitrogens with zero attached hydrogens (tertiary/aromatic N) is 1. The Kier molecular flexibility index (Phi) is 5.68. The first-order valence-corrected chi connectivity index (χ1v) is 8.25. The van der Waals surface area contributed by atoms with E-state index in [9.17, 15) is 14.7 Å². The van der Waals surface area contributed by atoms with Crippen LogP contribution >= 0.6 is 0 Å². The Balaban J connectivity index is 1.68. The summed E-state index contributed by atoms with van der Waals surface area (Å²) in [6, 6.07) is 14.7. The second-order valence-electron chi connectivity index (χ2n) is 5.88. The first-order chi connectivity index (χ1) is 13.0.